The third kappa shape index (κ3) is 4.20. The molecule has 1 aromatic heterocycles. The van der Waals surface area contributed by atoms with Gasteiger partial charge in [-0.05, 0) is 36.2 Å². The van der Waals surface area contributed by atoms with Crippen molar-refractivity contribution < 1.29 is 14.6 Å². The fourth-order valence-electron chi connectivity index (χ4n) is 3.96. The minimum atomic E-state index is -0.0133. The Kier molecular flexibility index (Phi) is 5.79. The van der Waals surface area contributed by atoms with Crippen LogP contribution in [-0.4, -0.2) is 58.2 Å². The van der Waals surface area contributed by atoms with Crippen LogP contribution >= 0.6 is 0 Å². The normalized spacial score (nSPS) is 15.7. The fourth-order valence-corrected chi connectivity index (χ4v) is 3.96. The molecular weight excluding hydrogens is 378 g/mol. The highest BCUT2D eigenvalue weighted by molar-refractivity contribution is 5.81. The summed E-state index contributed by atoms with van der Waals surface area (Å²) >= 11 is 0. The Morgan fingerprint density at radius 2 is 1.80 bits per heavy atom. The number of hydrogen-bond acceptors (Lipinski definition) is 6. The lowest BCUT2D eigenvalue weighted by Gasteiger charge is -2.32. The van der Waals surface area contributed by atoms with Crippen LogP contribution in [0.3, 0.4) is 0 Å². The molecule has 0 amide bonds. The first-order valence-corrected chi connectivity index (χ1v) is 10.4. The van der Waals surface area contributed by atoms with Gasteiger partial charge in [-0.15, -0.1) is 0 Å². The number of likely N-dealkylation sites (N-methyl/N-ethyl adjacent to an activating group) is 1. The summed E-state index contributed by atoms with van der Waals surface area (Å²) in [6.45, 7) is 9.20. The van der Waals surface area contributed by atoms with Crippen molar-refractivity contribution in [3.63, 3.8) is 0 Å². The monoisotopic (exact) mass is 407 g/mol. The van der Waals surface area contributed by atoms with Crippen LogP contribution in [0.2, 0.25) is 0 Å². The summed E-state index contributed by atoms with van der Waals surface area (Å²) in [5, 5.41) is 20.6. The van der Waals surface area contributed by atoms with Crippen molar-refractivity contribution in [1.29, 1.82) is 0 Å². The molecule has 1 aliphatic rings. The van der Waals surface area contributed by atoms with Crippen LogP contribution in [0.5, 0.6) is 11.5 Å². The molecule has 158 valence electrons. The summed E-state index contributed by atoms with van der Waals surface area (Å²) in [5.41, 5.74) is 4.04. The van der Waals surface area contributed by atoms with Gasteiger partial charge in [0, 0.05) is 49.9 Å². The maximum Gasteiger partial charge on any atom is 0.182 e. The highest BCUT2D eigenvalue weighted by atomic mass is 16.3. The van der Waals surface area contributed by atoms with Gasteiger partial charge in [0.2, 0.25) is 0 Å². The average Bonchev–Trinajstić information content (AvgIpc) is 3.19. The summed E-state index contributed by atoms with van der Waals surface area (Å²) in [6, 6.07) is 11.5. The van der Waals surface area contributed by atoms with E-state index >= 15 is 0 Å². The second-order valence-corrected chi connectivity index (χ2v) is 8.39. The smallest absolute Gasteiger partial charge is 0.182 e. The molecular formula is C24H29N3O3. The topological polar surface area (TPSA) is 73.0 Å². The quantitative estimate of drug-likeness (QED) is 0.657. The molecule has 6 nitrogen and oxygen atoms in total. The molecule has 1 fully saturated rings. The van der Waals surface area contributed by atoms with Gasteiger partial charge in [-0.3, -0.25) is 4.90 Å². The molecule has 0 saturated carbocycles. The number of nitrogens with zero attached hydrogens (tertiary/aromatic N) is 3. The molecule has 0 aliphatic carbocycles. The number of aromatic nitrogens is 1. The van der Waals surface area contributed by atoms with Crippen molar-refractivity contribution in [1.82, 2.24) is 14.8 Å². The van der Waals surface area contributed by atoms with Crippen molar-refractivity contribution in [2.45, 2.75) is 26.3 Å². The lowest BCUT2D eigenvalue weighted by atomic mass is 9.96. The number of hydrogen-bond donors (Lipinski definition) is 2. The number of rotatable bonds is 5. The van der Waals surface area contributed by atoms with Crippen LogP contribution in [0.4, 0.5) is 0 Å². The van der Waals surface area contributed by atoms with E-state index in [-0.39, 0.29) is 17.4 Å². The first-order chi connectivity index (χ1) is 14.4. The molecule has 0 bridgehead atoms. The van der Waals surface area contributed by atoms with Gasteiger partial charge in [0.15, 0.2) is 12.2 Å². The van der Waals surface area contributed by atoms with Gasteiger partial charge in [-0.25, -0.2) is 4.98 Å². The number of aromatic hydroxyl groups is 2. The van der Waals surface area contributed by atoms with Crippen LogP contribution in [-0.2, 0) is 6.54 Å². The zero-order chi connectivity index (χ0) is 21.3. The molecule has 2 aromatic carbocycles. The Morgan fingerprint density at radius 3 is 2.53 bits per heavy atom. The second kappa shape index (κ2) is 8.50. The summed E-state index contributed by atoms with van der Waals surface area (Å²) in [6.07, 6.45) is 1.40. The first kappa shape index (κ1) is 20.4. The number of phenolic OH excluding ortho intramolecular Hbond substituents is 2. The van der Waals surface area contributed by atoms with E-state index in [1.54, 1.807) is 6.07 Å². The van der Waals surface area contributed by atoms with E-state index in [2.05, 4.69) is 34.0 Å². The molecule has 0 spiro atoms. The number of oxazole rings is 1. The van der Waals surface area contributed by atoms with Gasteiger partial charge < -0.3 is 19.5 Å². The SMILES string of the molecule is CC(C)c1cc(-c2ncoc2-c2cccc(CN3CCN(C)CC3)c2)c(O)cc1O. The summed E-state index contributed by atoms with van der Waals surface area (Å²) < 4.78 is 5.74. The molecule has 2 N–H and O–H groups in total. The average molecular weight is 408 g/mol. The maximum absolute atomic E-state index is 10.5. The molecule has 0 unspecified atom stereocenters. The lowest BCUT2D eigenvalue weighted by Crippen LogP contribution is -2.43. The Labute approximate surface area is 177 Å². The van der Waals surface area contributed by atoms with E-state index in [0.717, 1.165) is 43.9 Å². The molecule has 6 heteroatoms. The van der Waals surface area contributed by atoms with E-state index in [4.69, 9.17) is 4.42 Å². The zero-order valence-corrected chi connectivity index (χ0v) is 17.8. The van der Waals surface area contributed by atoms with Gasteiger partial charge in [0.1, 0.15) is 17.2 Å². The highest BCUT2D eigenvalue weighted by Gasteiger charge is 2.20. The van der Waals surface area contributed by atoms with Crippen molar-refractivity contribution in [2.75, 3.05) is 33.2 Å². The van der Waals surface area contributed by atoms with Crippen LogP contribution in [0.1, 0.15) is 30.9 Å². The minimum Gasteiger partial charge on any atom is -0.508 e. The number of piperazine rings is 1. The largest absolute Gasteiger partial charge is 0.508 e. The van der Waals surface area contributed by atoms with E-state index in [1.165, 1.54) is 18.0 Å². The molecule has 1 saturated heterocycles. The zero-order valence-electron chi connectivity index (χ0n) is 17.8. The van der Waals surface area contributed by atoms with E-state index in [9.17, 15) is 10.2 Å². The first-order valence-electron chi connectivity index (χ1n) is 10.4. The third-order valence-corrected chi connectivity index (χ3v) is 5.78. The van der Waals surface area contributed by atoms with Gasteiger partial charge >= 0.3 is 0 Å². The van der Waals surface area contributed by atoms with Gasteiger partial charge in [0.25, 0.3) is 0 Å². The van der Waals surface area contributed by atoms with Crippen LogP contribution in [0.25, 0.3) is 22.6 Å². The molecule has 1 aliphatic heterocycles. The van der Waals surface area contributed by atoms with Gasteiger partial charge in [-0.2, -0.15) is 0 Å². The van der Waals surface area contributed by atoms with Crippen LogP contribution in [0.15, 0.2) is 47.2 Å². The highest BCUT2D eigenvalue weighted by Crippen LogP contribution is 2.41. The fraction of sp³-hybridized carbons (Fsp3) is 0.375. The van der Waals surface area contributed by atoms with E-state index in [0.29, 0.717) is 17.0 Å². The Balaban J connectivity index is 1.65. The molecule has 2 heterocycles. The van der Waals surface area contributed by atoms with Gasteiger partial charge in [0.05, 0.1) is 0 Å². The molecule has 0 radical (unpaired) electrons. The van der Waals surface area contributed by atoms with E-state index < -0.39 is 0 Å². The standard InChI is InChI=1S/C24H29N3O3/c1-16(2)19-12-20(22(29)13-21(19)28)23-24(30-15-25-23)18-6-4-5-17(11-18)14-27-9-7-26(3)8-10-27/h4-6,11-13,15-16,28-29H,7-10,14H2,1-3H3. The Hall–Kier alpha value is -2.83. The lowest BCUT2D eigenvalue weighted by molar-refractivity contribution is 0.148. The minimum absolute atomic E-state index is 0.0133. The Morgan fingerprint density at radius 1 is 1.03 bits per heavy atom. The van der Waals surface area contributed by atoms with Crippen molar-refractivity contribution in [2.24, 2.45) is 0 Å². The predicted octanol–water partition coefficient (Wildman–Crippen LogP) is 4.29. The maximum atomic E-state index is 10.5. The predicted molar refractivity (Wildman–Crippen MR) is 118 cm³/mol. The summed E-state index contributed by atoms with van der Waals surface area (Å²) in [7, 11) is 2.16. The number of phenols is 2. The molecule has 3 aromatic rings. The summed E-state index contributed by atoms with van der Waals surface area (Å²) in [5.74, 6) is 0.809. The van der Waals surface area contributed by atoms with Crippen LogP contribution < -0.4 is 0 Å². The summed E-state index contributed by atoms with van der Waals surface area (Å²) in [4.78, 5) is 9.19. The Bertz CT molecular complexity index is 1020. The van der Waals surface area contributed by atoms with Crippen molar-refractivity contribution >= 4 is 0 Å². The van der Waals surface area contributed by atoms with Crippen LogP contribution in [0, 0.1) is 0 Å². The molecule has 0 atom stereocenters. The molecule has 4 rings (SSSR count). The second-order valence-electron chi connectivity index (χ2n) is 8.39. The molecule has 30 heavy (non-hydrogen) atoms. The van der Waals surface area contributed by atoms with E-state index in [1.807, 2.05) is 26.0 Å². The van der Waals surface area contributed by atoms with Crippen molar-refractivity contribution in [3.05, 3.63) is 53.9 Å². The van der Waals surface area contributed by atoms with Gasteiger partial charge in [-0.1, -0.05) is 32.0 Å². The van der Waals surface area contributed by atoms with Crippen molar-refractivity contribution in [3.8, 4) is 34.1 Å². The third-order valence-electron chi connectivity index (χ3n) is 5.78. The number of benzene rings is 2.